The molecule has 0 aliphatic carbocycles. The standard InChI is InChI=1S/C14H22N2O4S/c1-5-15-14(17)11-7-8-12(20-6-2)13(9-11)21(18,19)16-10(3)4/h7-10,16H,5-6H2,1-4H3,(H,15,17). The number of benzene rings is 1. The molecule has 2 N–H and O–H groups in total. The summed E-state index contributed by atoms with van der Waals surface area (Å²) in [6, 6.07) is 4.13. The van der Waals surface area contributed by atoms with Crippen LogP contribution in [-0.4, -0.2) is 33.5 Å². The molecule has 21 heavy (non-hydrogen) atoms. The van der Waals surface area contributed by atoms with Crippen molar-refractivity contribution in [2.75, 3.05) is 13.2 Å². The second-order valence-corrected chi connectivity index (χ2v) is 6.41. The number of carbonyl (C=O) groups is 1. The highest BCUT2D eigenvalue weighted by Gasteiger charge is 2.22. The lowest BCUT2D eigenvalue weighted by Gasteiger charge is -2.15. The van der Waals surface area contributed by atoms with E-state index in [-0.39, 0.29) is 28.2 Å². The van der Waals surface area contributed by atoms with E-state index in [0.717, 1.165) is 0 Å². The largest absolute Gasteiger partial charge is 0.492 e. The Balaban J connectivity index is 3.30. The lowest BCUT2D eigenvalue weighted by molar-refractivity contribution is 0.0955. The molecule has 0 aliphatic rings. The predicted molar refractivity (Wildman–Crippen MR) is 81.1 cm³/mol. The molecule has 0 saturated heterocycles. The van der Waals surface area contributed by atoms with Crippen molar-refractivity contribution in [1.29, 1.82) is 0 Å². The third kappa shape index (κ3) is 4.71. The van der Waals surface area contributed by atoms with Crippen LogP contribution in [0.4, 0.5) is 0 Å². The summed E-state index contributed by atoms with van der Waals surface area (Å²) in [6.07, 6.45) is 0. The molecule has 0 unspecified atom stereocenters. The molecule has 0 spiro atoms. The zero-order valence-electron chi connectivity index (χ0n) is 12.8. The Hall–Kier alpha value is -1.60. The number of nitrogens with one attached hydrogen (secondary N) is 2. The minimum atomic E-state index is -3.74. The van der Waals surface area contributed by atoms with Gasteiger partial charge in [-0.2, -0.15) is 0 Å². The van der Waals surface area contributed by atoms with Crippen LogP contribution in [0.25, 0.3) is 0 Å². The molecule has 1 aromatic rings. The van der Waals surface area contributed by atoms with Crippen molar-refractivity contribution in [3.05, 3.63) is 23.8 Å². The summed E-state index contributed by atoms with van der Waals surface area (Å²) in [7, 11) is -3.74. The molecule has 0 heterocycles. The fraction of sp³-hybridized carbons (Fsp3) is 0.500. The average molecular weight is 314 g/mol. The molecule has 7 heteroatoms. The van der Waals surface area contributed by atoms with Gasteiger partial charge in [-0.3, -0.25) is 4.79 Å². The molecule has 1 aromatic carbocycles. The lowest BCUT2D eigenvalue weighted by atomic mass is 10.2. The SMILES string of the molecule is CCNC(=O)c1ccc(OCC)c(S(=O)(=O)NC(C)C)c1. The van der Waals surface area contributed by atoms with Gasteiger partial charge in [-0.15, -0.1) is 0 Å². The zero-order chi connectivity index (χ0) is 16.0. The summed E-state index contributed by atoms with van der Waals surface area (Å²) in [5.74, 6) is -0.0831. The van der Waals surface area contributed by atoms with E-state index in [1.165, 1.54) is 12.1 Å². The van der Waals surface area contributed by atoms with Crippen molar-refractivity contribution in [3.8, 4) is 5.75 Å². The van der Waals surface area contributed by atoms with E-state index in [1.54, 1.807) is 33.8 Å². The maximum Gasteiger partial charge on any atom is 0.251 e. The molecule has 1 amide bonds. The quantitative estimate of drug-likeness (QED) is 0.799. The van der Waals surface area contributed by atoms with E-state index >= 15 is 0 Å². The van der Waals surface area contributed by atoms with Crippen LogP contribution in [0.1, 0.15) is 38.1 Å². The first-order valence-electron chi connectivity index (χ1n) is 6.89. The lowest BCUT2D eigenvalue weighted by Crippen LogP contribution is -2.31. The number of carbonyl (C=O) groups excluding carboxylic acids is 1. The first kappa shape index (κ1) is 17.5. The summed E-state index contributed by atoms with van der Waals surface area (Å²) < 4.78 is 32.5. The van der Waals surface area contributed by atoms with Gasteiger partial charge in [0.2, 0.25) is 10.0 Å². The van der Waals surface area contributed by atoms with Crippen LogP contribution in [0, 0.1) is 0 Å². The highest BCUT2D eigenvalue weighted by molar-refractivity contribution is 7.89. The number of hydrogen-bond donors (Lipinski definition) is 2. The highest BCUT2D eigenvalue weighted by Crippen LogP contribution is 2.25. The van der Waals surface area contributed by atoms with E-state index in [9.17, 15) is 13.2 Å². The van der Waals surface area contributed by atoms with Crippen molar-refractivity contribution in [2.45, 2.75) is 38.6 Å². The van der Waals surface area contributed by atoms with Gasteiger partial charge in [-0.25, -0.2) is 13.1 Å². The first-order valence-corrected chi connectivity index (χ1v) is 8.37. The molecule has 118 valence electrons. The van der Waals surface area contributed by atoms with E-state index in [1.807, 2.05) is 0 Å². The molecule has 6 nitrogen and oxygen atoms in total. The van der Waals surface area contributed by atoms with Crippen molar-refractivity contribution in [3.63, 3.8) is 0 Å². The van der Waals surface area contributed by atoms with E-state index in [2.05, 4.69) is 10.0 Å². The van der Waals surface area contributed by atoms with E-state index in [0.29, 0.717) is 13.2 Å². The Morgan fingerprint density at radius 2 is 1.95 bits per heavy atom. The summed E-state index contributed by atoms with van der Waals surface area (Å²) in [5.41, 5.74) is 0.282. The molecular formula is C14H22N2O4S. The van der Waals surface area contributed by atoms with Crippen molar-refractivity contribution >= 4 is 15.9 Å². The normalized spacial score (nSPS) is 11.5. The predicted octanol–water partition coefficient (Wildman–Crippen LogP) is 1.52. The van der Waals surface area contributed by atoms with Crippen LogP contribution in [0.3, 0.4) is 0 Å². The number of hydrogen-bond acceptors (Lipinski definition) is 4. The minimum Gasteiger partial charge on any atom is -0.492 e. The Labute approximate surface area is 125 Å². The van der Waals surface area contributed by atoms with Gasteiger partial charge >= 0.3 is 0 Å². The Kier molecular flexibility index (Phi) is 6.17. The fourth-order valence-electron chi connectivity index (χ4n) is 1.77. The maximum absolute atomic E-state index is 12.3. The topological polar surface area (TPSA) is 84.5 Å². The zero-order valence-corrected chi connectivity index (χ0v) is 13.6. The molecule has 0 radical (unpaired) electrons. The van der Waals surface area contributed by atoms with Gasteiger partial charge in [0, 0.05) is 18.2 Å². The van der Waals surface area contributed by atoms with E-state index < -0.39 is 10.0 Å². The third-order valence-electron chi connectivity index (χ3n) is 2.52. The Morgan fingerprint density at radius 3 is 2.48 bits per heavy atom. The third-order valence-corrected chi connectivity index (χ3v) is 4.20. The molecular weight excluding hydrogens is 292 g/mol. The summed E-state index contributed by atoms with van der Waals surface area (Å²) in [6.45, 7) is 7.83. The average Bonchev–Trinajstić information content (AvgIpc) is 2.38. The van der Waals surface area contributed by atoms with Crippen LogP contribution in [0.2, 0.25) is 0 Å². The number of ether oxygens (including phenoxy) is 1. The van der Waals surface area contributed by atoms with Gasteiger partial charge < -0.3 is 10.1 Å². The Morgan fingerprint density at radius 1 is 1.29 bits per heavy atom. The van der Waals surface area contributed by atoms with Crippen molar-refractivity contribution < 1.29 is 17.9 Å². The molecule has 0 aromatic heterocycles. The van der Waals surface area contributed by atoms with E-state index in [4.69, 9.17) is 4.74 Å². The first-order chi connectivity index (χ1) is 9.81. The van der Waals surface area contributed by atoms with Crippen LogP contribution >= 0.6 is 0 Å². The van der Waals surface area contributed by atoms with Crippen molar-refractivity contribution in [1.82, 2.24) is 10.0 Å². The number of amides is 1. The summed E-state index contributed by atoms with van der Waals surface area (Å²) in [4.78, 5) is 11.8. The number of rotatable bonds is 7. The summed E-state index contributed by atoms with van der Waals surface area (Å²) >= 11 is 0. The van der Waals surface area contributed by atoms with Gasteiger partial charge in [0.1, 0.15) is 10.6 Å². The molecule has 0 bridgehead atoms. The summed E-state index contributed by atoms with van der Waals surface area (Å²) in [5, 5.41) is 2.64. The molecule has 0 fully saturated rings. The molecule has 0 saturated carbocycles. The van der Waals surface area contributed by atoms with Crippen LogP contribution in [0.5, 0.6) is 5.75 Å². The van der Waals surface area contributed by atoms with Gasteiger partial charge in [0.15, 0.2) is 0 Å². The highest BCUT2D eigenvalue weighted by atomic mass is 32.2. The van der Waals surface area contributed by atoms with Crippen molar-refractivity contribution in [2.24, 2.45) is 0 Å². The van der Waals surface area contributed by atoms with Crippen LogP contribution < -0.4 is 14.8 Å². The maximum atomic E-state index is 12.3. The second kappa shape index (κ2) is 7.42. The second-order valence-electron chi connectivity index (χ2n) is 4.73. The smallest absolute Gasteiger partial charge is 0.251 e. The monoisotopic (exact) mass is 314 g/mol. The van der Waals surface area contributed by atoms with Gasteiger partial charge in [-0.05, 0) is 45.9 Å². The molecule has 0 atom stereocenters. The fourth-order valence-corrected chi connectivity index (χ4v) is 3.19. The van der Waals surface area contributed by atoms with Gasteiger partial charge in [0.25, 0.3) is 5.91 Å². The molecule has 1 rings (SSSR count). The van der Waals surface area contributed by atoms with Gasteiger partial charge in [0.05, 0.1) is 6.61 Å². The Bertz CT molecular complexity index is 597. The van der Waals surface area contributed by atoms with Gasteiger partial charge in [-0.1, -0.05) is 0 Å². The molecule has 0 aliphatic heterocycles. The number of sulfonamides is 1. The minimum absolute atomic E-state index is 0.0261. The van der Waals surface area contributed by atoms with Crippen LogP contribution in [-0.2, 0) is 10.0 Å². The van der Waals surface area contributed by atoms with Crippen LogP contribution in [0.15, 0.2) is 23.1 Å².